The van der Waals surface area contributed by atoms with E-state index in [1.807, 2.05) is 31.2 Å². The largest absolute Gasteiger partial charge is 0.497 e. The Balaban J connectivity index is 1.80. The lowest BCUT2D eigenvalue weighted by molar-refractivity contribution is -0.143. The van der Waals surface area contributed by atoms with Crippen LogP contribution in [0.5, 0.6) is 17.2 Å². The SMILES string of the molecule is COc1ccc(CN2C(=O)C(C)Oc3c(C)cccc3C2C(=O)Nc2ccc(N)cc2)c(OC)c1. The first-order valence-electron chi connectivity index (χ1n) is 11.3. The van der Waals surface area contributed by atoms with Gasteiger partial charge in [-0.3, -0.25) is 9.59 Å². The highest BCUT2D eigenvalue weighted by atomic mass is 16.5. The molecule has 8 nitrogen and oxygen atoms in total. The van der Waals surface area contributed by atoms with Gasteiger partial charge in [-0.25, -0.2) is 0 Å². The Morgan fingerprint density at radius 1 is 1.09 bits per heavy atom. The van der Waals surface area contributed by atoms with Crippen LogP contribution in [0.15, 0.2) is 60.7 Å². The molecule has 182 valence electrons. The third-order valence-corrected chi connectivity index (χ3v) is 6.04. The molecule has 35 heavy (non-hydrogen) atoms. The van der Waals surface area contributed by atoms with Crippen molar-refractivity contribution in [2.75, 3.05) is 25.3 Å². The number of carbonyl (C=O) groups excluding carboxylic acids is 2. The molecule has 0 bridgehead atoms. The van der Waals surface area contributed by atoms with Crippen molar-refractivity contribution in [3.8, 4) is 17.2 Å². The zero-order valence-electron chi connectivity index (χ0n) is 20.2. The highest BCUT2D eigenvalue weighted by Crippen LogP contribution is 2.39. The minimum Gasteiger partial charge on any atom is -0.497 e. The van der Waals surface area contributed by atoms with E-state index in [4.69, 9.17) is 19.9 Å². The molecule has 0 saturated heterocycles. The number of para-hydroxylation sites is 1. The fraction of sp³-hybridized carbons (Fsp3) is 0.259. The van der Waals surface area contributed by atoms with Crippen LogP contribution in [-0.4, -0.2) is 37.0 Å². The van der Waals surface area contributed by atoms with Crippen LogP contribution in [0.1, 0.15) is 29.7 Å². The summed E-state index contributed by atoms with van der Waals surface area (Å²) in [7, 11) is 3.13. The Morgan fingerprint density at radius 2 is 1.83 bits per heavy atom. The number of methoxy groups -OCH3 is 2. The van der Waals surface area contributed by atoms with E-state index in [0.717, 1.165) is 11.1 Å². The fourth-order valence-electron chi connectivity index (χ4n) is 4.20. The molecule has 2 atom stereocenters. The molecule has 3 aromatic carbocycles. The van der Waals surface area contributed by atoms with Crippen molar-refractivity contribution in [3.63, 3.8) is 0 Å². The number of fused-ring (bicyclic) bond motifs is 1. The van der Waals surface area contributed by atoms with Crippen molar-refractivity contribution >= 4 is 23.2 Å². The topological polar surface area (TPSA) is 103 Å². The number of nitrogens with one attached hydrogen (secondary N) is 1. The van der Waals surface area contributed by atoms with Gasteiger partial charge in [-0.1, -0.05) is 18.2 Å². The molecule has 0 spiro atoms. The molecule has 1 heterocycles. The summed E-state index contributed by atoms with van der Waals surface area (Å²) in [6, 6.07) is 16.9. The quantitative estimate of drug-likeness (QED) is 0.521. The second-order valence-electron chi connectivity index (χ2n) is 8.41. The molecule has 3 N–H and O–H groups in total. The molecule has 0 aromatic heterocycles. The summed E-state index contributed by atoms with van der Waals surface area (Å²) in [5.41, 5.74) is 9.14. The number of carbonyl (C=O) groups is 2. The number of hydrogen-bond donors (Lipinski definition) is 2. The molecule has 1 aliphatic rings. The number of nitrogen functional groups attached to an aromatic ring is 1. The van der Waals surface area contributed by atoms with E-state index in [0.29, 0.717) is 34.2 Å². The number of ether oxygens (including phenoxy) is 3. The van der Waals surface area contributed by atoms with Gasteiger partial charge in [0, 0.05) is 28.6 Å². The Bertz CT molecular complexity index is 1240. The first-order chi connectivity index (χ1) is 16.8. The minimum atomic E-state index is -0.938. The average Bonchev–Trinajstić information content (AvgIpc) is 2.96. The molecular weight excluding hydrogens is 446 g/mol. The molecule has 8 heteroatoms. The van der Waals surface area contributed by atoms with Crippen molar-refractivity contribution in [2.45, 2.75) is 32.5 Å². The molecule has 1 aliphatic heterocycles. The lowest BCUT2D eigenvalue weighted by Crippen LogP contribution is -2.44. The highest BCUT2D eigenvalue weighted by Gasteiger charge is 2.40. The van der Waals surface area contributed by atoms with E-state index in [1.54, 1.807) is 57.5 Å². The maximum absolute atomic E-state index is 13.7. The van der Waals surface area contributed by atoms with Gasteiger partial charge < -0.3 is 30.2 Å². The molecule has 0 saturated carbocycles. The number of benzene rings is 3. The minimum absolute atomic E-state index is 0.132. The van der Waals surface area contributed by atoms with Gasteiger partial charge in [-0.15, -0.1) is 0 Å². The fourth-order valence-corrected chi connectivity index (χ4v) is 4.20. The van der Waals surface area contributed by atoms with Crippen LogP contribution in [0.3, 0.4) is 0 Å². The maximum Gasteiger partial charge on any atom is 0.264 e. The number of nitrogens with zero attached hydrogens (tertiary/aromatic N) is 1. The average molecular weight is 476 g/mol. The molecular formula is C27H29N3O5. The van der Waals surface area contributed by atoms with Crippen LogP contribution in [0.2, 0.25) is 0 Å². The monoisotopic (exact) mass is 475 g/mol. The van der Waals surface area contributed by atoms with Gasteiger partial charge in [-0.05, 0) is 55.8 Å². The van der Waals surface area contributed by atoms with Crippen molar-refractivity contribution in [2.24, 2.45) is 0 Å². The number of hydrogen-bond acceptors (Lipinski definition) is 6. The zero-order chi connectivity index (χ0) is 25.1. The maximum atomic E-state index is 13.7. The number of rotatable bonds is 6. The lowest BCUT2D eigenvalue weighted by Gasteiger charge is -2.30. The van der Waals surface area contributed by atoms with Gasteiger partial charge in [-0.2, -0.15) is 0 Å². The summed E-state index contributed by atoms with van der Waals surface area (Å²) in [6.45, 7) is 3.72. The van der Waals surface area contributed by atoms with Crippen LogP contribution < -0.4 is 25.3 Å². The van der Waals surface area contributed by atoms with E-state index < -0.39 is 12.1 Å². The Hall–Kier alpha value is -4.20. The predicted molar refractivity (Wildman–Crippen MR) is 134 cm³/mol. The summed E-state index contributed by atoms with van der Waals surface area (Å²) in [6.07, 6.45) is -0.784. The standard InChI is InChI=1S/C27H29N3O5/c1-16-6-5-7-22-24(26(31)29-20-11-9-19(28)10-12-20)30(27(32)17(2)35-25(16)22)15-18-8-13-21(33-3)14-23(18)34-4/h5-14,17,24H,15,28H2,1-4H3,(H,29,31). The summed E-state index contributed by atoms with van der Waals surface area (Å²) in [4.78, 5) is 28.9. The van der Waals surface area contributed by atoms with Gasteiger partial charge in [0.2, 0.25) is 0 Å². The smallest absolute Gasteiger partial charge is 0.264 e. The summed E-state index contributed by atoms with van der Waals surface area (Å²) in [5.74, 6) is 1.05. The first kappa shape index (κ1) is 23.9. The summed E-state index contributed by atoms with van der Waals surface area (Å²) in [5, 5.41) is 2.93. The molecule has 0 aliphatic carbocycles. The van der Waals surface area contributed by atoms with E-state index >= 15 is 0 Å². The summed E-state index contributed by atoms with van der Waals surface area (Å²) < 4.78 is 16.9. The summed E-state index contributed by atoms with van der Waals surface area (Å²) >= 11 is 0. The highest BCUT2D eigenvalue weighted by molar-refractivity contribution is 5.99. The molecule has 4 rings (SSSR count). The third kappa shape index (κ3) is 4.87. The molecule has 2 amide bonds. The van der Waals surface area contributed by atoms with Gasteiger partial charge in [0.15, 0.2) is 6.10 Å². The van der Waals surface area contributed by atoms with E-state index in [-0.39, 0.29) is 18.4 Å². The zero-order valence-corrected chi connectivity index (χ0v) is 20.2. The van der Waals surface area contributed by atoms with E-state index in [1.165, 1.54) is 4.90 Å². The lowest BCUT2D eigenvalue weighted by atomic mass is 9.99. The molecule has 0 radical (unpaired) electrons. The van der Waals surface area contributed by atoms with Gasteiger partial charge in [0.05, 0.1) is 20.8 Å². The van der Waals surface area contributed by atoms with E-state index in [2.05, 4.69) is 5.32 Å². The van der Waals surface area contributed by atoms with Crippen molar-refractivity contribution in [1.29, 1.82) is 0 Å². The Morgan fingerprint density at radius 3 is 2.51 bits per heavy atom. The number of nitrogens with two attached hydrogens (primary N) is 1. The predicted octanol–water partition coefficient (Wildman–Crippen LogP) is 4.08. The van der Waals surface area contributed by atoms with Crippen LogP contribution in [-0.2, 0) is 16.1 Å². The molecule has 3 aromatic rings. The van der Waals surface area contributed by atoms with Crippen LogP contribution in [0.25, 0.3) is 0 Å². The van der Waals surface area contributed by atoms with Crippen molar-refractivity contribution in [1.82, 2.24) is 4.90 Å². The van der Waals surface area contributed by atoms with Crippen LogP contribution >= 0.6 is 0 Å². The second kappa shape index (κ2) is 9.97. The van der Waals surface area contributed by atoms with E-state index in [9.17, 15) is 9.59 Å². The Kier molecular flexibility index (Phi) is 6.82. The van der Waals surface area contributed by atoms with Crippen molar-refractivity contribution in [3.05, 3.63) is 77.4 Å². The van der Waals surface area contributed by atoms with Crippen LogP contribution in [0.4, 0.5) is 11.4 Å². The van der Waals surface area contributed by atoms with Gasteiger partial charge >= 0.3 is 0 Å². The number of amides is 2. The molecule has 0 fully saturated rings. The normalized spacial score (nSPS) is 17.1. The van der Waals surface area contributed by atoms with Gasteiger partial charge in [0.1, 0.15) is 23.3 Å². The van der Waals surface area contributed by atoms with Crippen molar-refractivity contribution < 1.29 is 23.8 Å². The third-order valence-electron chi connectivity index (χ3n) is 6.04. The van der Waals surface area contributed by atoms with Crippen LogP contribution in [0, 0.1) is 6.92 Å². The first-order valence-corrected chi connectivity index (χ1v) is 11.3. The molecule has 2 unspecified atom stereocenters. The number of aryl methyl sites for hydroxylation is 1. The van der Waals surface area contributed by atoms with Gasteiger partial charge in [0.25, 0.3) is 11.8 Å². The Labute approximate surface area is 204 Å². The second-order valence-corrected chi connectivity index (χ2v) is 8.41. The number of anilines is 2.